The van der Waals surface area contributed by atoms with Gasteiger partial charge in [-0.2, -0.15) is 0 Å². The molecule has 0 fully saturated rings. The molecule has 7 heteroatoms. The topological polar surface area (TPSA) is 44.6 Å². The van der Waals surface area contributed by atoms with Crippen LogP contribution in [-0.4, -0.2) is 11.0 Å². The van der Waals surface area contributed by atoms with Gasteiger partial charge < -0.3 is 10.5 Å². The summed E-state index contributed by atoms with van der Waals surface area (Å²) in [4.78, 5) is 0. The lowest BCUT2D eigenvalue weighted by molar-refractivity contribution is 0.317. The first-order chi connectivity index (χ1) is 7.07. The number of hydrogen-bond acceptors (Lipinski definition) is 2. The van der Waals surface area contributed by atoms with Crippen LogP contribution in [0.25, 0.3) is 0 Å². The summed E-state index contributed by atoms with van der Waals surface area (Å²) in [7, 11) is 0. The first-order valence-electron chi connectivity index (χ1n) is 3.89. The third-order valence-electron chi connectivity index (χ3n) is 2.13. The number of benzene rings is 1. The molecule has 3 nitrogen and oxygen atoms in total. The molecular weight excluding hydrogens is 282 g/mol. The number of nitrogens with one attached hydrogen (secondary N) is 1. The van der Waals surface area contributed by atoms with E-state index in [4.69, 9.17) is 51.6 Å². The molecule has 0 aliphatic carbocycles. The second-order valence-electron chi connectivity index (χ2n) is 2.91. The van der Waals surface area contributed by atoms with Crippen molar-refractivity contribution in [3.8, 4) is 0 Å². The Labute approximate surface area is 106 Å². The first kappa shape index (κ1) is 11.1. The zero-order valence-electron chi connectivity index (χ0n) is 7.11. The average Bonchev–Trinajstić information content (AvgIpc) is 2.67. The molecule has 0 spiro atoms. The van der Waals surface area contributed by atoms with Crippen molar-refractivity contribution in [2.75, 3.05) is 0 Å². The number of halogens is 4. The molecule has 0 saturated heterocycles. The van der Waals surface area contributed by atoms with Gasteiger partial charge in [0.1, 0.15) is 0 Å². The maximum Gasteiger partial charge on any atom is 0.174 e. The van der Waals surface area contributed by atoms with E-state index in [2.05, 4.69) is 10.5 Å². The SMILES string of the molecule is O/N=C1/NCc2c(Cl)c(Cl)c(Cl)c(Cl)c21. The van der Waals surface area contributed by atoms with Crippen LogP contribution in [0.1, 0.15) is 11.1 Å². The van der Waals surface area contributed by atoms with E-state index in [-0.39, 0.29) is 20.9 Å². The van der Waals surface area contributed by atoms with Crippen molar-refractivity contribution in [2.24, 2.45) is 5.16 Å². The monoisotopic (exact) mass is 284 g/mol. The lowest BCUT2D eigenvalue weighted by Gasteiger charge is -2.08. The van der Waals surface area contributed by atoms with Gasteiger partial charge in [0.05, 0.1) is 20.1 Å². The highest BCUT2D eigenvalue weighted by Crippen LogP contribution is 2.43. The second-order valence-corrected chi connectivity index (χ2v) is 4.42. The van der Waals surface area contributed by atoms with Gasteiger partial charge in [0.25, 0.3) is 0 Å². The van der Waals surface area contributed by atoms with Gasteiger partial charge in [0, 0.05) is 17.7 Å². The Bertz CT molecular complexity index is 472. The molecule has 1 aromatic rings. The predicted molar refractivity (Wildman–Crippen MR) is 61.6 cm³/mol. The van der Waals surface area contributed by atoms with E-state index in [1.165, 1.54) is 0 Å². The fourth-order valence-corrected chi connectivity index (χ4v) is 2.48. The number of nitrogens with zero attached hydrogens (tertiary/aromatic N) is 1. The maximum atomic E-state index is 8.74. The van der Waals surface area contributed by atoms with E-state index in [0.29, 0.717) is 22.7 Å². The summed E-state index contributed by atoms with van der Waals surface area (Å²) in [6, 6.07) is 0. The van der Waals surface area contributed by atoms with Crippen molar-refractivity contribution in [1.82, 2.24) is 5.32 Å². The van der Waals surface area contributed by atoms with Gasteiger partial charge in [-0.1, -0.05) is 51.6 Å². The van der Waals surface area contributed by atoms with Gasteiger partial charge in [-0.05, 0) is 0 Å². The van der Waals surface area contributed by atoms with Crippen molar-refractivity contribution >= 4 is 52.2 Å². The van der Waals surface area contributed by atoms with Crippen LogP contribution in [0.3, 0.4) is 0 Å². The molecule has 1 aliphatic rings. The standard InChI is InChI=1S/C8H4Cl4N2O/c9-4-2-1-13-8(14-15)3(2)5(10)7(12)6(4)11/h15H,1H2,(H,13,14). The summed E-state index contributed by atoms with van der Waals surface area (Å²) in [5.74, 6) is 0.246. The number of fused-ring (bicyclic) bond motifs is 1. The van der Waals surface area contributed by atoms with E-state index in [9.17, 15) is 0 Å². The van der Waals surface area contributed by atoms with E-state index < -0.39 is 0 Å². The lowest BCUT2D eigenvalue weighted by atomic mass is 10.1. The van der Waals surface area contributed by atoms with Crippen LogP contribution in [0.2, 0.25) is 20.1 Å². The maximum absolute atomic E-state index is 8.74. The molecule has 0 bridgehead atoms. The molecule has 1 aliphatic heterocycles. The second kappa shape index (κ2) is 3.91. The zero-order valence-corrected chi connectivity index (χ0v) is 10.1. The molecule has 2 rings (SSSR count). The van der Waals surface area contributed by atoms with Gasteiger partial charge in [-0.25, -0.2) is 0 Å². The van der Waals surface area contributed by atoms with Gasteiger partial charge in [0.2, 0.25) is 0 Å². The van der Waals surface area contributed by atoms with Gasteiger partial charge >= 0.3 is 0 Å². The number of oxime groups is 1. The van der Waals surface area contributed by atoms with E-state index in [0.717, 1.165) is 0 Å². The summed E-state index contributed by atoms with van der Waals surface area (Å²) in [6.07, 6.45) is 0. The van der Waals surface area contributed by atoms with Crippen molar-refractivity contribution in [3.05, 3.63) is 31.2 Å². The van der Waals surface area contributed by atoms with Crippen LogP contribution in [0, 0.1) is 0 Å². The molecule has 0 amide bonds. The number of rotatable bonds is 0. The largest absolute Gasteiger partial charge is 0.409 e. The van der Waals surface area contributed by atoms with Crippen LogP contribution in [0.15, 0.2) is 5.16 Å². The Hall–Kier alpha value is -0.350. The van der Waals surface area contributed by atoms with Crippen molar-refractivity contribution in [3.63, 3.8) is 0 Å². The highest BCUT2D eigenvalue weighted by atomic mass is 35.5. The van der Waals surface area contributed by atoms with E-state index in [1.807, 2.05) is 0 Å². The Morgan fingerprint density at radius 2 is 1.60 bits per heavy atom. The molecule has 2 N–H and O–H groups in total. The van der Waals surface area contributed by atoms with Crippen molar-refractivity contribution in [2.45, 2.75) is 6.54 Å². The fraction of sp³-hybridized carbons (Fsp3) is 0.125. The third-order valence-corrected chi connectivity index (χ3v) is 3.97. The number of amidine groups is 1. The van der Waals surface area contributed by atoms with Crippen LogP contribution in [0.4, 0.5) is 0 Å². The molecule has 0 radical (unpaired) electrons. The smallest absolute Gasteiger partial charge is 0.174 e. The van der Waals surface area contributed by atoms with Crippen LogP contribution in [-0.2, 0) is 6.54 Å². The van der Waals surface area contributed by atoms with Crippen LogP contribution in [0.5, 0.6) is 0 Å². The minimum Gasteiger partial charge on any atom is -0.409 e. The normalized spacial score (nSPS) is 16.7. The summed E-state index contributed by atoms with van der Waals surface area (Å²) < 4.78 is 0. The molecule has 1 aromatic carbocycles. The van der Waals surface area contributed by atoms with Gasteiger partial charge in [-0.15, -0.1) is 0 Å². The average molecular weight is 286 g/mol. The summed E-state index contributed by atoms with van der Waals surface area (Å²) in [6.45, 7) is 0.407. The lowest BCUT2D eigenvalue weighted by Crippen LogP contribution is -2.14. The molecule has 80 valence electrons. The summed E-state index contributed by atoms with van der Waals surface area (Å²) in [5.41, 5.74) is 1.18. The highest BCUT2D eigenvalue weighted by Gasteiger charge is 2.28. The summed E-state index contributed by atoms with van der Waals surface area (Å²) >= 11 is 23.7. The molecule has 0 unspecified atom stereocenters. The first-order valence-corrected chi connectivity index (χ1v) is 5.40. The van der Waals surface area contributed by atoms with Crippen LogP contribution >= 0.6 is 46.4 Å². The summed E-state index contributed by atoms with van der Waals surface area (Å²) in [5, 5.41) is 15.6. The molecule has 0 aromatic heterocycles. The molecule has 15 heavy (non-hydrogen) atoms. The minimum absolute atomic E-state index is 0.159. The van der Waals surface area contributed by atoms with E-state index >= 15 is 0 Å². The van der Waals surface area contributed by atoms with Crippen molar-refractivity contribution in [1.29, 1.82) is 0 Å². The van der Waals surface area contributed by atoms with E-state index in [1.54, 1.807) is 0 Å². The fourth-order valence-electron chi connectivity index (χ4n) is 1.44. The third kappa shape index (κ3) is 1.54. The molecule has 0 saturated carbocycles. The highest BCUT2D eigenvalue weighted by molar-refractivity contribution is 6.53. The van der Waals surface area contributed by atoms with Crippen LogP contribution < -0.4 is 5.32 Å². The Morgan fingerprint density at radius 3 is 2.20 bits per heavy atom. The van der Waals surface area contributed by atoms with Gasteiger partial charge in [-0.3, -0.25) is 0 Å². The van der Waals surface area contributed by atoms with Gasteiger partial charge in [0.15, 0.2) is 5.84 Å². The number of hydrogen-bond donors (Lipinski definition) is 2. The Balaban J connectivity index is 2.81. The molecule has 0 atom stereocenters. The molecule has 1 heterocycles. The Morgan fingerprint density at radius 1 is 1.00 bits per heavy atom. The quantitative estimate of drug-likeness (QED) is 0.331. The predicted octanol–water partition coefficient (Wildman–Crippen LogP) is 3.54. The van der Waals surface area contributed by atoms with Crippen molar-refractivity contribution < 1.29 is 5.21 Å². The molecular formula is C8H4Cl4N2O. The minimum atomic E-state index is 0.159. The Kier molecular flexibility index (Phi) is 2.90. The zero-order chi connectivity index (χ0) is 11.2.